The summed E-state index contributed by atoms with van der Waals surface area (Å²) in [5.41, 5.74) is 3.38. The molecular weight excluding hydrogens is 260 g/mol. The van der Waals surface area contributed by atoms with Crippen LogP contribution in [-0.2, 0) is 4.43 Å². The number of hydrogen-bond donors (Lipinski definition) is 0. The van der Waals surface area contributed by atoms with E-state index in [0.29, 0.717) is 16.9 Å². The van der Waals surface area contributed by atoms with Crippen molar-refractivity contribution in [2.75, 3.05) is 6.61 Å². The predicted molar refractivity (Wildman–Crippen MR) is 90.4 cm³/mol. The first kappa shape index (κ1) is 16.0. The monoisotopic (exact) mass is 292 g/mol. The van der Waals surface area contributed by atoms with Gasteiger partial charge in [0.2, 0.25) is 0 Å². The zero-order chi connectivity index (χ0) is 15.0. The Bertz CT molecular complexity index is 412. The van der Waals surface area contributed by atoms with Gasteiger partial charge in [0, 0.05) is 12.5 Å². The van der Waals surface area contributed by atoms with Crippen molar-refractivity contribution in [1.82, 2.24) is 0 Å². The second-order valence-corrected chi connectivity index (χ2v) is 13.0. The van der Waals surface area contributed by atoms with E-state index in [9.17, 15) is 0 Å². The van der Waals surface area contributed by atoms with Gasteiger partial charge in [-0.15, -0.1) is 0 Å². The molecule has 0 aromatic rings. The molecule has 0 aliphatic heterocycles. The highest BCUT2D eigenvalue weighted by molar-refractivity contribution is 6.74. The molecule has 0 unspecified atom stereocenters. The molecule has 0 heterocycles. The van der Waals surface area contributed by atoms with E-state index in [1.165, 1.54) is 25.7 Å². The summed E-state index contributed by atoms with van der Waals surface area (Å²) in [5, 5.41) is 0.318. The molecule has 0 aromatic carbocycles. The third-order valence-corrected chi connectivity index (χ3v) is 10.2. The minimum absolute atomic E-state index is 0.318. The molecule has 2 atom stereocenters. The van der Waals surface area contributed by atoms with Crippen molar-refractivity contribution in [2.24, 2.45) is 11.8 Å². The second-order valence-electron chi connectivity index (χ2n) is 8.17. The van der Waals surface area contributed by atoms with E-state index < -0.39 is 8.32 Å². The first-order valence-corrected chi connectivity index (χ1v) is 11.1. The van der Waals surface area contributed by atoms with Crippen LogP contribution in [0, 0.1) is 11.8 Å². The smallest absolute Gasteiger partial charge is 0.191 e. The van der Waals surface area contributed by atoms with Gasteiger partial charge in [0.05, 0.1) is 0 Å². The van der Waals surface area contributed by atoms with Crippen LogP contribution in [0.2, 0.25) is 18.1 Å². The van der Waals surface area contributed by atoms with Crippen LogP contribution in [0.15, 0.2) is 23.3 Å². The normalized spacial score (nSPS) is 27.7. The molecule has 0 amide bonds. The lowest BCUT2D eigenvalue weighted by atomic mass is 9.72. The van der Waals surface area contributed by atoms with Crippen molar-refractivity contribution in [1.29, 1.82) is 0 Å². The van der Waals surface area contributed by atoms with Crippen molar-refractivity contribution >= 4 is 8.32 Å². The van der Waals surface area contributed by atoms with Crippen molar-refractivity contribution in [3.63, 3.8) is 0 Å². The van der Waals surface area contributed by atoms with Crippen LogP contribution in [0.4, 0.5) is 0 Å². The van der Waals surface area contributed by atoms with E-state index in [1.54, 1.807) is 11.1 Å². The Morgan fingerprint density at radius 2 is 1.95 bits per heavy atom. The van der Waals surface area contributed by atoms with Crippen molar-refractivity contribution in [3.8, 4) is 0 Å². The van der Waals surface area contributed by atoms with Gasteiger partial charge in [0.1, 0.15) is 0 Å². The van der Waals surface area contributed by atoms with Gasteiger partial charge in [-0.2, -0.15) is 0 Å². The van der Waals surface area contributed by atoms with Crippen LogP contribution >= 0.6 is 0 Å². The van der Waals surface area contributed by atoms with Gasteiger partial charge in [-0.05, 0) is 56.7 Å². The van der Waals surface area contributed by atoms with Crippen molar-refractivity contribution in [3.05, 3.63) is 23.3 Å². The van der Waals surface area contributed by atoms with Crippen LogP contribution < -0.4 is 0 Å². The van der Waals surface area contributed by atoms with Gasteiger partial charge < -0.3 is 4.43 Å². The fourth-order valence-corrected chi connectivity index (χ4v) is 4.23. The summed E-state index contributed by atoms with van der Waals surface area (Å²) < 4.78 is 6.50. The molecular formula is C18H32OSi. The van der Waals surface area contributed by atoms with Crippen LogP contribution in [0.5, 0.6) is 0 Å². The van der Waals surface area contributed by atoms with Gasteiger partial charge in [-0.3, -0.25) is 0 Å². The molecule has 2 aliphatic rings. The SMILES string of the molecule is CC1=C2CCC=C[C@@H]2[C@@H](CO[Si](C)(C)C(C)(C)C)CC1. The molecule has 0 aromatic heterocycles. The molecule has 0 fully saturated rings. The summed E-state index contributed by atoms with van der Waals surface area (Å²) in [7, 11) is -1.60. The molecule has 1 nitrogen and oxygen atoms in total. The molecule has 0 saturated carbocycles. The van der Waals surface area contributed by atoms with Gasteiger partial charge in [-0.1, -0.05) is 44.1 Å². The summed E-state index contributed by atoms with van der Waals surface area (Å²) in [5.74, 6) is 1.38. The minimum atomic E-state index is -1.60. The number of fused-ring (bicyclic) bond motifs is 1. The molecule has 0 saturated heterocycles. The fourth-order valence-electron chi connectivity index (χ4n) is 3.16. The van der Waals surface area contributed by atoms with E-state index in [2.05, 4.69) is 52.9 Å². The molecule has 20 heavy (non-hydrogen) atoms. The number of hydrogen-bond acceptors (Lipinski definition) is 1. The third kappa shape index (κ3) is 3.28. The first-order chi connectivity index (χ1) is 9.22. The maximum absolute atomic E-state index is 6.50. The van der Waals surface area contributed by atoms with Crippen molar-refractivity contribution < 1.29 is 4.43 Å². The zero-order valence-electron chi connectivity index (χ0n) is 14.3. The lowest BCUT2D eigenvalue weighted by Gasteiger charge is -2.40. The molecule has 2 heteroatoms. The van der Waals surface area contributed by atoms with Crippen LogP contribution in [0.1, 0.15) is 53.4 Å². The Labute approximate surface area is 126 Å². The maximum atomic E-state index is 6.50. The third-order valence-electron chi connectivity index (χ3n) is 5.74. The predicted octanol–water partition coefficient (Wildman–Crippen LogP) is 5.70. The molecule has 2 rings (SSSR count). The Kier molecular flexibility index (Phi) is 4.65. The Morgan fingerprint density at radius 1 is 1.25 bits per heavy atom. The molecule has 2 aliphatic carbocycles. The Morgan fingerprint density at radius 3 is 2.60 bits per heavy atom. The van der Waals surface area contributed by atoms with Crippen molar-refractivity contribution in [2.45, 2.75) is 71.5 Å². The first-order valence-electron chi connectivity index (χ1n) is 8.21. The van der Waals surface area contributed by atoms with Gasteiger partial charge >= 0.3 is 0 Å². The Hall–Kier alpha value is -0.343. The summed E-state index contributed by atoms with van der Waals surface area (Å²) in [6.07, 6.45) is 9.94. The van der Waals surface area contributed by atoms with Gasteiger partial charge in [0.25, 0.3) is 0 Å². The summed E-state index contributed by atoms with van der Waals surface area (Å²) in [6, 6.07) is 0. The van der Waals surface area contributed by atoms with E-state index in [1.807, 2.05) is 0 Å². The zero-order valence-corrected chi connectivity index (χ0v) is 15.3. The summed E-state index contributed by atoms with van der Waals surface area (Å²) in [4.78, 5) is 0. The number of allylic oxidation sites excluding steroid dienone is 4. The fraction of sp³-hybridized carbons (Fsp3) is 0.778. The highest BCUT2D eigenvalue weighted by atomic mass is 28.4. The topological polar surface area (TPSA) is 9.23 Å². The van der Waals surface area contributed by atoms with E-state index in [4.69, 9.17) is 4.43 Å². The highest BCUT2D eigenvalue weighted by Crippen LogP contribution is 2.42. The lowest BCUT2D eigenvalue weighted by Crippen LogP contribution is -2.43. The molecule has 0 N–H and O–H groups in total. The van der Waals surface area contributed by atoms with Crippen LogP contribution in [0.3, 0.4) is 0 Å². The van der Waals surface area contributed by atoms with Crippen LogP contribution in [0.25, 0.3) is 0 Å². The summed E-state index contributed by atoms with van der Waals surface area (Å²) in [6.45, 7) is 15.0. The largest absolute Gasteiger partial charge is 0.417 e. The second kappa shape index (κ2) is 5.80. The average molecular weight is 293 g/mol. The lowest BCUT2D eigenvalue weighted by molar-refractivity contribution is 0.190. The van der Waals surface area contributed by atoms with Gasteiger partial charge in [-0.25, -0.2) is 0 Å². The van der Waals surface area contributed by atoms with E-state index in [0.717, 1.165) is 6.61 Å². The Balaban J connectivity index is 2.04. The minimum Gasteiger partial charge on any atom is -0.417 e. The highest BCUT2D eigenvalue weighted by Gasteiger charge is 2.39. The maximum Gasteiger partial charge on any atom is 0.191 e. The van der Waals surface area contributed by atoms with Gasteiger partial charge in [0.15, 0.2) is 8.32 Å². The molecule has 0 spiro atoms. The van der Waals surface area contributed by atoms with E-state index >= 15 is 0 Å². The molecule has 114 valence electrons. The molecule has 0 bridgehead atoms. The van der Waals surface area contributed by atoms with Crippen LogP contribution in [-0.4, -0.2) is 14.9 Å². The van der Waals surface area contributed by atoms with E-state index in [-0.39, 0.29) is 0 Å². The standard InChI is InChI=1S/C18H32OSi/c1-14-11-12-15(17-10-8-7-9-16(14)17)13-19-20(5,6)18(2,3)4/h8,10,15,17H,7,9,11-13H2,1-6H3/t15-,17-/m1/s1. The number of rotatable bonds is 3. The summed E-state index contributed by atoms with van der Waals surface area (Å²) >= 11 is 0. The quantitative estimate of drug-likeness (QED) is 0.479. The average Bonchev–Trinajstić information content (AvgIpc) is 2.37. The molecule has 0 radical (unpaired) electrons.